The maximum absolute atomic E-state index is 5.77. The van der Waals surface area contributed by atoms with Gasteiger partial charge >= 0.3 is 0 Å². The molecule has 0 amide bonds. The van der Waals surface area contributed by atoms with E-state index in [1.807, 2.05) is 19.1 Å². The summed E-state index contributed by atoms with van der Waals surface area (Å²) < 4.78 is 0. The number of nitrogens with zero attached hydrogens (tertiary/aromatic N) is 3. The highest BCUT2D eigenvalue weighted by Gasteiger charge is 2.04. The molecule has 2 N–H and O–H groups in total. The Hall–Kier alpha value is -1.97. The molecule has 0 aliphatic carbocycles. The third-order valence-electron chi connectivity index (χ3n) is 1.87. The highest BCUT2D eigenvalue weighted by atomic mass is 14.9. The lowest BCUT2D eigenvalue weighted by Gasteiger charge is -2.03. The van der Waals surface area contributed by atoms with Gasteiger partial charge in [-0.05, 0) is 19.1 Å². The van der Waals surface area contributed by atoms with E-state index in [9.17, 15) is 0 Å². The van der Waals surface area contributed by atoms with Crippen LogP contribution >= 0.6 is 0 Å². The fourth-order valence-electron chi connectivity index (χ4n) is 1.21. The molecule has 2 aromatic rings. The van der Waals surface area contributed by atoms with Crippen LogP contribution in [0.1, 0.15) is 5.82 Å². The quantitative estimate of drug-likeness (QED) is 0.731. The van der Waals surface area contributed by atoms with Gasteiger partial charge in [-0.1, -0.05) is 0 Å². The van der Waals surface area contributed by atoms with E-state index in [-0.39, 0.29) is 0 Å². The smallest absolute Gasteiger partial charge is 0.126 e. The minimum absolute atomic E-state index is 0.573. The van der Waals surface area contributed by atoms with Gasteiger partial charge in [0.25, 0.3) is 0 Å². The Labute approximate surface area is 81.9 Å². The zero-order valence-electron chi connectivity index (χ0n) is 7.81. The number of pyridine rings is 1. The molecular weight excluding hydrogens is 176 g/mol. The Morgan fingerprint density at radius 3 is 2.86 bits per heavy atom. The summed E-state index contributed by atoms with van der Waals surface area (Å²) in [6.45, 7) is 1.83. The fourth-order valence-corrected chi connectivity index (χ4v) is 1.21. The standard InChI is InChI=1S/C10H10N4/c1-7-13-6-9(11)10(14-7)8-3-2-4-12-5-8/h2-6H,11H2,1H3. The Kier molecular flexibility index (Phi) is 2.10. The van der Waals surface area contributed by atoms with Gasteiger partial charge in [-0.15, -0.1) is 0 Å². The lowest BCUT2D eigenvalue weighted by Crippen LogP contribution is -1.97. The number of aromatic nitrogens is 3. The molecule has 0 aliphatic heterocycles. The number of nitrogen functional groups attached to an aromatic ring is 1. The molecule has 0 aromatic carbocycles. The fraction of sp³-hybridized carbons (Fsp3) is 0.100. The Morgan fingerprint density at radius 1 is 1.29 bits per heavy atom. The van der Waals surface area contributed by atoms with Crippen LogP contribution in [0.5, 0.6) is 0 Å². The Bertz CT molecular complexity index is 439. The lowest BCUT2D eigenvalue weighted by molar-refractivity contribution is 1.06. The van der Waals surface area contributed by atoms with Gasteiger partial charge in [0.05, 0.1) is 17.6 Å². The van der Waals surface area contributed by atoms with Gasteiger partial charge in [0.1, 0.15) is 5.82 Å². The van der Waals surface area contributed by atoms with E-state index >= 15 is 0 Å². The summed E-state index contributed by atoms with van der Waals surface area (Å²) >= 11 is 0. The van der Waals surface area contributed by atoms with Gasteiger partial charge in [0, 0.05) is 18.0 Å². The second-order valence-corrected chi connectivity index (χ2v) is 2.96. The van der Waals surface area contributed by atoms with Crippen molar-refractivity contribution in [3.05, 3.63) is 36.5 Å². The Morgan fingerprint density at radius 2 is 2.14 bits per heavy atom. The monoisotopic (exact) mass is 186 g/mol. The number of hydrogen-bond donors (Lipinski definition) is 1. The summed E-state index contributed by atoms with van der Waals surface area (Å²) in [7, 11) is 0. The van der Waals surface area contributed by atoms with E-state index in [2.05, 4.69) is 15.0 Å². The zero-order valence-corrected chi connectivity index (χ0v) is 7.81. The second-order valence-electron chi connectivity index (χ2n) is 2.96. The third-order valence-corrected chi connectivity index (χ3v) is 1.87. The van der Waals surface area contributed by atoms with Crippen molar-refractivity contribution in [3.8, 4) is 11.3 Å². The van der Waals surface area contributed by atoms with Crippen LogP contribution in [0.3, 0.4) is 0 Å². The maximum atomic E-state index is 5.77. The molecule has 2 aromatic heterocycles. The molecular formula is C10H10N4. The summed E-state index contributed by atoms with van der Waals surface area (Å²) in [5.74, 6) is 0.707. The van der Waals surface area contributed by atoms with E-state index in [0.29, 0.717) is 11.5 Å². The molecule has 0 unspecified atom stereocenters. The van der Waals surface area contributed by atoms with Crippen molar-refractivity contribution >= 4 is 5.69 Å². The summed E-state index contributed by atoms with van der Waals surface area (Å²) in [5, 5.41) is 0. The predicted octanol–water partition coefficient (Wildman–Crippen LogP) is 1.43. The molecule has 4 nitrogen and oxygen atoms in total. The first-order valence-electron chi connectivity index (χ1n) is 4.27. The first-order valence-corrected chi connectivity index (χ1v) is 4.27. The molecule has 0 spiro atoms. The van der Waals surface area contributed by atoms with Crippen LogP contribution in [0.4, 0.5) is 5.69 Å². The van der Waals surface area contributed by atoms with Crippen LogP contribution in [0.15, 0.2) is 30.7 Å². The highest BCUT2D eigenvalue weighted by molar-refractivity contribution is 5.70. The van der Waals surface area contributed by atoms with Crippen molar-refractivity contribution in [2.75, 3.05) is 5.73 Å². The number of anilines is 1. The van der Waals surface area contributed by atoms with Crippen LogP contribution in [0.2, 0.25) is 0 Å². The average molecular weight is 186 g/mol. The molecule has 0 bridgehead atoms. The van der Waals surface area contributed by atoms with Gasteiger partial charge < -0.3 is 5.73 Å². The number of nitrogens with two attached hydrogens (primary N) is 1. The van der Waals surface area contributed by atoms with Crippen molar-refractivity contribution in [2.24, 2.45) is 0 Å². The molecule has 0 fully saturated rings. The van der Waals surface area contributed by atoms with Crippen LogP contribution < -0.4 is 5.73 Å². The van der Waals surface area contributed by atoms with Crippen molar-refractivity contribution < 1.29 is 0 Å². The molecule has 2 rings (SSSR count). The SMILES string of the molecule is Cc1ncc(N)c(-c2cccnc2)n1. The highest BCUT2D eigenvalue weighted by Crippen LogP contribution is 2.21. The molecule has 4 heteroatoms. The summed E-state index contributed by atoms with van der Waals surface area (Å²) in [6, 6.07) is 3.78. The van der Waals surface area contributed by atoms with E-state index in [0.717, 1.165) is 11.3 Å². The average Bonchev–Trinajstić information content (AvgIpc) is 2.23. The summed E-state index contributed by atoms with van der Waals surface area (Å²) in [4.78, 5) is 12.3. The van der Waals surface area contributed by atoms with Crippen LogP contribution in [0, 0.1) is 6.92 Å². The van der Waals surface area contributed by atoms with Gasteiger partial charge in [-0.3, -0.25) is 4.98 Å². The summed E-state index contributed by atoms with van der Waals surface area (Å²) in [6.07, 6.45) is 5.07. The first-order chi connectivity index (χ1) is 6.77. The normalized spacial score (nSPS) is 10.1. The molecule has 0 aliphatic rings. The summed E-state index contributed by atoms with van der Waals surface area (Å²) in [5.41, 5.74) is 8.00. The van der Waals surface area contributed by atoms with Crippen molar-refractivity contribution in [1.82, 2.24) is 15.0 Å². The zero-order chi connectivity index (χ0) is 9.97. The van der Waals surface area contributed by atoms with Gasteiger partial charge in [-0.25, -0.2) is 9.97 Å². The number of hydrogen-bond acceptors (Lipinski definition) is 4. The lowest BCUT2D eigenvalue weighted by atomic mass is 10.2. The topological polar surface area (TPSA) is 64.7 Å². The number of aryl methyl sites for hydroxylation is 1. The second kappa shape index (κ2) is 3.41. The van der Waals surface area contributed by atoms with Crippen LogP contribution in [-0.4, -0.2) is 15.0 Å². The third kappa shape index (κ3) is 1.54. The maximum Gasteiger partial charge on any atom is 0.126 e. The number of rotatable bonds is 1. The van der Waals surface area contributed by atoms with E-state index in [1.165, 1.54) is 0 Å². The van der Waals surface area contributed by atoms with Crippen LogP contribution in [0.25, 0.3) is 11.3 Å². The minimum Gasteiger partial charge on any atom is -0.396 e. The Balaban J connectivity index is 2.57. The predicted molar refractivity (Wildman–Crippen MR) is 54.4 cm³/mol. The van der Waals surface area contributed by atoms with Crippen molar-refractivity contribution in [2.45, 2.75) is 6.92 Å². The molecule has 0 saturated carbocycles. The molecule has 14 heavy (non-hydrogen) atoms. The largest absolute Gasteiger partial charge is 0.396 e. The van der Waals surface area contributed by atoms with Gasteiger partial charge in [-0.2, -0.15) is 0 Å². The van der Waals surface area contributed by atoms with Gasteiger partial charge in [0.2, 0.25) is 0 Å². The first kappa shape index (κ1) is 8.62. The van der Waals surface area contributed by atoms with E-state index < -0.39 is 0 Å². The van der Waals surface area contributed by atoms with Gasteiger partial charge in [0.15, 0.2) is 0 Å². The molecule has 0 saturated heterocycles. The molecule has 0 atom stereocenters. The van der Waals surface area contributed by atoms with Crippen LogP contribution in [-0.2, 0) is 0 Å². The van der Waals surface area contributed by atoms with Crippen molar-refractivity contribution in [1.29, 1.82) is 0 Å². The molecule has 0 radical (unpaired) electrons. The van der Waals surface area contributed by atoms with E-state index in [1.54, 1.807) is 18.6 Å². The van der Waals surface area contributed by atoms with E-state index in [4.69, 9.17) is 5.73 Å². The molecule has 70 valence electrons. The van der Waals surface area contributed by atoms with Crippen molar-refractivity contribution in [3.63, 3.8) is 0 Å². The minimum atomic E-state index is 0.573. The molecule has 2 heterocycles.